The van der Waals surface area contributed by atoms with Gasteiger partial charge in [0.05, 0.1) is 18.9 Å². The molecular weight excluding hydrogens is 382 g/mol. The number of anilines is 1. The molecule has 7 nitrogen and oxygen atoms in total. The van der Waals surface area contributed by atoms with Gasteiger partial charge in [0, 0.05) is 23.2 Å². The molecule has 0 bridgehead atoms. The highest BCUT2D eigenvalue weighted by atomic mass is 16.5. The fraction of sp³-hybridized carbons (Fsp3) is 0.261. The van der Waals surface area contributed by atoms with E-state index in [0.29, 0.717) is 22.8 Å². The lowest BCUT2D eigenvalue weighted by Crippen LogP contribution is -2.50. The van der Waals surface area contributed by atoms with Crippen LogP contribution in [0.1, 0.15) is 32.3 Å². The Labute approximate surface area is 175 Å². The lowest BCUT2D eigenvalue weighted by atomic mass is 9.83. The molecular formula is C23H25N3O4. The number of carbonyl (C=O) groups is 2. The van der Waals surface area contributed by atoms with E-state index in [-0.39, 0.29) is 5.92 Å². The van der Waals surface area contributed by atoms with Crippen molar-refractivity contribution in [1.29, 1.82) is 0 Å². The van der Waals surface area contributed by atoms with Crippen LogP contribution in [0.3, 0.4) is 0 Å². The van der Waals surface area contributed by atoms with Crippen LogP contribution in [0.25, 0.3) is 11.3 Å². The second-order valence-electron chi connectivity index (χ2n) is 7.54. The van der Waals surface area contributed by atoms with Gasteiger partial charge in [-0.1, -0.05) is 37.3 Å². The smallest absolute Gasteiger partial charge is 0.313 e. The first-order valence-corrected chi connectivity index (χ1v) is 9.57. The molecule has 0 aliphatic rings. The Morgan fingerprint density at radius 1 is 1.10 bits per heavy atom. The quantitative estimate of drug-likeness (QED) is 0.603. The molecule has 1 atom stereocenters. The van der Waals surface area contributed by atoms with Crippen molar-refractivity contribution in [2.45, 2.75) is 32.2 Å². The summed E-state index contributed by atoms with van der Waals surface area (Å²) in [6.45, 7) is 5.80. The molecule has 1 aromatic heterocycles. The third-order valence-corrected chi connectivity index (χ3v) is 5.18. The molecule has 1 heterocycles. The van der Waals surface area contributed by atoms with Gasteiger partial charge in [0.2, 0.25) is 0 Å². The van der Waals surface area contributed by atoms with Crippen LogP contribution < -0.4 is 15.4 Å². The third-order valence-electron chi connectivity index (χ3n) is 5.18. The maximum atomic E-state index is 12.5. The van der Waals surface area contributed by atoms with E-state index in [1.54, 1.807) is 24.4 Å². The number of aromatic nitrogens is 1. The molecule has 0 fully saturated rings. The lowest BCUT2D eigenvalue weighted by molar-refractivity contribution is -0.137. The van der Waals surface area contributed by atoms with Gasteiger partial charge >= 0.3 is 11.8 Å². The predicted molar refractivity (Wildman–Crippen MR) is 114 cm³/mol. The van der Waals surface area contributed by atoms with E-state index in [1.807, 2.05) is 51.1 Å². The molecule has 0 saturated carbocycles. The van der Waals surface area contributed by atoms with E-state index in [9.17, 15) is 9.59 Å². The molecule has 0 spiro atoms. The summed E-state index contributed by atoms with van der Waals surface area (Å²) in [7, 11) is 1.51. The number of carbonyl (C=O) groups excluding carboxylic acids is 2. The maximum absolute atomic E-state index is 12.5. The van der Waals surface area contributed by atoms with E-state index in [1.165, 1.54) is 13.5 Å². The van der Waals surface area contributed by atoms with Crippen LogP contribution in [-0.4, -0.2) is 29.4 Å². The van der Waals surface area contributed by atoms with Gasteiger partial charge in [0.15, 0.2) is 12.2 Å². The minimum Gasteiger partial charge on any atom is -0.496 e. The molecule has 0 saturated heterocycles. The first-order chi connectivity index (χ1) is 14.3. The zero-order chi connectivity index (χ0) is 21.7. The number of methoxy groups -OCH3 is 1. The SMILES string of the molecule is COc1cc(NC(=O)C(=O)NC(C)(C)C(C)c2ccccc2)ccc1-c1cnco1. The summed E-state index contributed by atoms with van der Waals surface area (Å²) in [6.07, 6.45) is 2.90. The third kappa shape index (κ3) is 4.68. The molecule has 3 aromatic rings. The first kappa shape index (κ1) is 21.1. The largest absolute Gasteiger partial charge is 0.496 e. The van der Waals surface area contributed by atoms with Gasteiger partial charge in [-0.05, 0) is 31.5 Å². The molecule has 156 valence electrons. The van der Waals surface area contributed by atoms with Crippen molar-refractivity contribution in [2.75, 3.05) is 12.4 Å². The number of rotatable bonds is 6. The van der Waals surface area contributed by atoms with E-state index < -0.39 is 17.4 Å². The highest BCUT2D eigenvalue weighted by molar-refractivity contribution is 6.39. The highest BCUT2D eigenvalue weighted by Crippen LogP contribution is 2.32. The number of hydrogen-bond donors (Lipinski definition) is 2. The van der Waals surface area contributed by atoms with E-state index in [0.717, 1.165) is 5.56 Å². The fourth-order valence-corrected chi connectivity index (χ4v) is 3.13. The predicted octanol–water partition coefficient (Wildman–Crippen LogP) is 3.99. The molecule has 7 heteroatoms. The van der Waals surface area contributed by atoms with E-state index in [4.69, 9.17) is 9.15 Å². The van der Waals surface area contributed by atoms with Crippen molar-refractivity contribution in [1.82, 2.24) is 10.3 Å². The molecule has 0 radical (unpaired) electrons. The van der Waals surface area contributed by atoms with Crippen LogP contribution in [0.5, 0.6) is 5.75 Å². The average molecular weight is 407 g/mol. The van der Waals surface area contributed by atoms with Crippen molar-refractivity contribution in [3.63, 3.8) is 0 Å². The van der Waals surface area contributed by atoms with Crippen molar-refractivity contribution in [3.05, 3.63) is 66.7 Å². The normalized spacial score (nSPS) is 12.1. The molecule has 30 heavy (non-hydrogen) atoms. The zero-order valence-corrected chi connectivity index (χ0v) is 17.4. The minimum absolute atomic E-state index is 0.0109. The summed E-state index contributed by atoms with van der Waals surface area (Å²) in [5.74, 6) is -0.419. The van der Waals surface area contributed by atoms with Gasteiger partial charge in [-0.15, -0.1) is 0 Å². The van der Waals surface area contributed by atoms with Gasteiger partial charge in [0.1, 0.15) is 5.75 Å². The standard InChI is InChI=1S/C23H25N3O4/c1-15(16-8-6-5-7-9-16)23(2,3)26-22(28)21(27)25-17-10-11-18(19(12-17)29-4)20-13-24-14-30-20/h5-15H,1-4H3,(H,25,27)(H,26,28). The summed E-state index contributed by atoms with van der Waals surface area (Å²) < 4.78 is 10.7. The number of hydrogen-bond acceptors (Lipinski definition) is 5. The van der Waals surface area contributed by atoms with E-state index in [2.05, 4.69) is 15.6 Å². The van der Waals surface area contributed by atoms with Crippen LogP contribution in [0, 0.1) is 0 Å². The van der Waals surface area contributed by atoms with Crippen molar-refractivity contribution < 1.29 is 18.7 Å². The van der Waals surface area contributed by atoms with Gasteiger partial charge in [-0.2, -0.15) is 0 Å². The number of nitrogens with one attached hydrogen (secondary N) is 2. The Morgan fingerprint density at radius 3 is 2.47 bits per heavy atom. The molecule has 1 unspecified atom stereocenters. The van der Waals surface area contributed by atoms with Gasteiger partial charge in [-0.25, -0.2) is 4.98 Å². The molecule has 3 rings (SSSR count). The number of amides is 2. The van der Waals surface area contributed by atoms with Gasteiger partial charge < -0.3 is 19.8 Å². The Balaban J connectivity index is 1.69. The highest BCUT2D eigenvalue weighted by Gasteiger charge is 2.31. The maximum Gasteiger partial charge on any atom is 0.313 e. The van der Waals surface area contributed by atoms with Crippen LogP contribution in [-0.2, 0) is 9.59 Å². The monoisotopic (exact) mass is 407 g/mol. The minimum atomic E-state index is -0.752. The number of ether oxygens (including phenoxy) is 1. The lowest BCUT2D eigenvalue weighted by Gasteiger charge is -2.33. The first-order valence-electron chi connectivity index (χ1n) is 9.57. The summed E-state index contributed by atoms with van der Waals surface area (Å²) in [6, 6.07) is 14.9. The molecule has 0 aliphatic carbocycles. The van der Waals surface area contributed by atoms with Gasteiger partial charge in [-0.3, -0.25) is 9.59 Å². The van der Waals surface area contributed by atoms with Crippen LogP contribution >= 0.6 is 0 Å². The Hall–Kier alpha value is -3.61. The number of nitrogens with zero attached hydrogens (tertiary/aromatic N) is 1. The van der Waals surface area contributed by atoms with Crippen molar-refractivity contribution in [2.24, 2.45) is 0 Å². The fourth-order valence-electron chi connectivity index (χ4n) is 3.13. The molecule has 2 N–H and O–H groups in total. The van der Waals surface area contributed by atoms with Crippen LogP contribution in [0.15, 0.2) is 65.5 Å². The Morgan fingerprint density at radius 2 is 1.83 bits per heavy atom. The molecule has 0 aliphatic heterocycles. The molecule has 2 aromatic carbocycles. The van der Waals surface area contributed by atoms with Crippen LogP contribution in [0.2, 0.25) is 0 Å². The second kappa shape index (κ2) is 8.82. The number of oxazole rings is 1. The summed E-state index contributed by atoms with van der Waals surface area (Å²) in [5, 5.41) is 5.44. The average Bonchev–Trinajstić information content (AvgIpc) is 3.28. The van der Waals surface area contributed by atoms with E-state index >= 15 is 0 Å². The second-order valence-corrected chi connectivity index (χ2v) is 7.54. The summed E-state index contributed by atoms with van der Waals surface area (Å²) >= 11 is 0. The number of benzene rings is 2. The van der Waals surface area contributed by atoms with Crippen molar-refractivity contribution >= 4 is 17.5 Å². The van der Waals surface area contributed by atoms with Crippen molar-refractivity contribution in [3.8, 4) is 17.1 Å². The zero-order valence-electron chi connectivity index (χ0n) is 17.4. The van der Waals surface area contributed by atoms with Gasteiger partial charge in [0.25, 0.3) is 0 Å². The molecule has 2 amide bonds. The Kier molecular flexibility index (Phi) is 6.20. The summed E-state index contributed by atoms with van der Waals surface area (Å²) in [5.41, 5.74) is 1.58. The Bertz CT molecular complexity index is 1010. The van der Waals surface area contributed by atoms with Crippen LogP contribution in [0.4, 0.5) is 5.69 Å². The summed E-state index contributed by atoms with van der Waals surface area (Å²) in [4.78, 5) is 28.9. The topological polar surface area (TPSA) is 93.5 Å².